The molecular weight excluding hydrogens is 534 g/mol. The molecule has 1 atom stereocenters. The Balaban J connectivity index is 1.64. The van der Waals surface area contributed by atoms with Crippen LogP contribution in [0.15, 0.2) is 63.7 Å². The van der Waals surface area contributed by atoms with Gasteiger partial charge in [-0.2, -0.15) is 0 Å². The highest BCUT2D eigenvalue weighted by molar-refractivity contribution is 6.78. The Hall–Kier alpha value is -3.59. The van der Waals surface area contributed by atoms with Gasteiger partial charge in [-0.05, 0) is 79.4 Å². The number of carbonyl (C=O) groups excluding carboxylic acids is 1. The lowest BCUT2D eigenvalue weighted by molar-refractivity contribution is 0.101. The van der Waals surface area contributed by atoms with Gasteiger partial charge in [-0.15, -0.1) is 0 Å². The summed E-state index contributed by atoms with van der Waals surface area (Å²) in [5.41, 5.74) is 2.38. The molecule has 0 spiro atoms. The van der Waals surface area contributed by atoms with E-state index in [1.165, 1.54) is 16.2 Å². The Morgan fingerprint density at radius 1 is 0.951 bits per heavy atom. The summed E-state index contributed by atoms with van der Waals surface area (Å²) in [4.78, 5) is 39.3. The first-order valence-electron chi connectivity index (χ1n) is 14.5. The minimum atomic E-state index is -2.20. The number of aromatic nitrogens is 3. The quantitative estimate of drug-likeness (QED) is 0.189. The number of benzene rings is 2. The minimum absolute atomic E-state index is 0.0786. The summed E-state index contributed by atoms with van der Waals surface area (Å²) >= 11 is 0. The van der Waals surface area contributed by atoms with E-state index in [1.807, 2.05) is 38.1 Å². The molecule has 218 valence electrons. The summed E-state index contributed by atoms with van der Waals surface area (Å²) in [6, 6.07) is 12.0. The Labute approximate surface area is 242 Å². The molecule has 0 saturated heterocycles. The smallest absolute Gasteiger partial charge is 0.352 e. The van der Waals surface area contributed by atoms with Crippen LogP contribution < -0.4 is 20.5 Å². The van der Waals surface area contributed by atoms with Gasteiger partial charge in [0.25, 0.3) is 8.32 Å². The van der Waals surface area contributed by atoms with Gasteiger partial charge in [-0.25, -0.2) is 23.5 Å². The van der Waals surface area contributed by atoms with E-state index in [-0.39, 0.29) is 12.3 Å². The molecule has 2 aliphatic rings. The van der Waals surface area contributed by atoms with E-state index in [4.69, 9.17) is 9.16 Å². The van der Waals surface area contributed by atoms with Gasteiger partial charge in [0.15, 0.2) is 5.78 Å². The number of fused-ring (bicyclic) bond motifs is 5. The van der Waals surface area contributed by atoms with Crippen molar-refractivity contribution < 1.29 is 14.0 Å². The van der Waals surface area contributed by atoms with Crippen molar-refractivity contribution in [3.05, 3.63) is 86.2 Å². The van der Waals surface area contributed by atoms with Crippen molar-refractivity contribution in [1.82, 2.24) is 13.9 Å². The lowest BCUT2D eigenvalue weighted by Crippen LogP contribution is -2.50. The molecule has 41 heavy (non-hydrogen) atoms. The van der Waals surface area contributed by atoms with E-state index in [1.54, 1.807) is 28.9 Å². The average Bonchev–Trinajstić information content (AvgIpc) is 3.15. The number of ketones is 1. The van der Waals surface area contributed by atoms with Crippen molar-refractivity contribution in [3.63, 3.8) is 0 Å². The molecule has 0 saturated carbocycles. The highest BCUT2D eigenvalue weighted by Gasteiger charge is 2.48. The highest BCUT2D eigenvalue weighted by Crippen LogP contribution is 2.49. The first kappa shape index (κ1) is 28.9. The molecule has 0 radical (unpaired) electrons. The Morgan fingerprint density at radius 3 is 2.12 bits per heavy atom. The third kappa shape index (κ3) is 4.45. The summed E-state index contributed by atoms with van der Waals surface area (Å²) in [5, 5.41) is 0. The molecule has 0 fully saturated rings. The van der Waals surface area contributed by atoms with Crippen LogP contribution in [0.25, 0.3) is 5.69 Å². The molecule has 8 nitrogen and oxygen atoms in total. The second-order valence-electron chi connectivity index (χ2n) is 12.7. The van der Waals surface area contributed by atoms with Crippen LogP contribution in [0.5, 0.6) is 11.5 Å². The normalized spacial score (nSPS) is 17.6. The topological polar surface area (TPSA) is 84.5 Å². The van der Waals surface area contributed by atoms with Gasteiger partial charge in [0.1, 0.15) is 23.1 Å². The summed E-state index contributed by atoms with van der Waals surface area (Å²) in [6.07, 6.45) is 2.00. The van der Waals surface area contributed by atoms with Gasteiger partial charge < -0.3 is 9.16 Å². The molecule has 0 aliphatic carbocycles. The number of rotatable bonds is 7. The lowest BCUT2D eigenvalue weighted by atomic mass is 9.83. The average molecular weight is 576 g/mol. The molecule has 1 aromatic heterocycles. The summed E-state index contributed by atoms with van der Waals surface area (Å²) in [7, 11) is -2.20. The van der Waals surface area contributed by atoms with Crippen LogP contribution in [0, 0.1) is 0 Å². The van der Waals surface area contributed by atoms with E-state index < -0.39 is 31.3 Å². The van der Waals surface area contributed by atoms with Gasteiger partial charge in [0, 0.05) is 17.2 Å². The maximum atomic E-state index is 14.0. The van der Waals surface area contributed by atoms with Crippen molar-refractivity contribution in [2.24, 2.45) is 0 Å². The van der Waals surface area contributed by atoms with E-state index >= 15 is 0 Å². The molecule has 0 N–H and O–H groups in total. The van der Waals surface area contributed by atoms with Crippen LogP contribution in [-0.4, -0.2) is 33.6 Å². The SMILES string of the molecule is CC(=O)c1ccc(-n2c(=O)n3n(c2=O)C2C(=CC3)C(C)(C)Oc3cc(O[Si](C(C)C)(C(C)C)C(C)C)ccc32)cc1. The van der Waals surface area contributed by atoms with Crippen LogP contribution in [0.2, 0.25) is 16.6 Å². The fourth-order valence-corrected chi connectivity index (χ4v) is 12.3. The zero-order valence-corrected chi connectivity index (χ0v) is 26.5. The van der Waals surface area contributed by atoms with Gasteiger partial charge in [-0.1, -0.05) is 47.6 Å². The zero-order chi connectivity index (χ0) is 30.0. The standard InChI is InChI=1S/C32H41N3O5Si/c1-19(2)41(20(3)4,21(5)6)40-25-14-15-26-28(18-25)39-32(8,9)27-16-17-33-30(37)34(31(38)35(33)29(26)27)24-12-10-23(11-13-24)22(7)36/h10-16,18-21,29H,17H2,1-9H3. The Kier molecular flexibility index (Phi) is 7.09. The third-order valence-corrected chi connectivity index (χ3v) is 15.0. The van der Waals surface area contributed by atoms with Crippen molar-refractivity contribution in [2.75, 3.05) is 0 Å². The molecular formula is C32H41N3O5Si. The molecule has 2 aliphatic heterocycles. The van der Waals surface area contributed by atoms with E-state index in [2.05, 4.69) is 41.5 Å². The predicted octanol–water partition coefficient (Wildman–Crippen LogP) is 6.26. The molecule has 1 unspecified atom stereocenters. The number of hydrogen-bond acceptors (Lipinski definition) is 5. The van der Waals surface area contributed by atoms with E-state index in [0.717, 1.165) is 16.9 Å². The number of Topliss-reactive ketones (excluding diaryl/α,β-unsaturated/α-hetero) is 1. The van der Waals surface area contributed by atoms with Crippen LogP contribution in [0.1, 0.15) is 84.3 Å². The largest absolute Gasteiger partial charge is 0.543 e. The molecule has 2 aromatic carbocycles. The maximum absolute atomic E-state index is 14.0. The highest BCUT2D eigenvalue weighted by atomic mass is 28.4. The molecule has 9 heteroatoms. The van der Waals surface area contributed by atoms with Crippen LogP contribution in [0.3, 0.4) is 0 Å². The second kappa shape index (κ2) is 10.0. The Bertz CT molecular complexity index is 1630. The van der Waals surface area contributed by atoms with Crippen LogP contribution >= 0.6 is 0 Å². The van der Waals surface area contributed by atoms with E-state index in [0.29, 0.717) is 33.6 Å². The fraction of sp³-hybridized carbons (Fsp3) is 0.469. The van der Waals surface area contributed by atoms with Crippen molar-refractivity contribution >= 4 is 14.1 Å². The van der Waals surface area contributed by atoms with E-state index in [9.17, 15) is 14.4 Å². The molecule has 3 heterocycles. The zero-order valence-electron chi connectivity index (χ0n) is 25.5. The summed E-state index contributed by atoms with van der Waals surface area (Å²) in [6.45, 7) is 19.3. The van der Waals surface area contributed by atoms with Gasteiger partial charge in [0.2, 0.25) is 0 Å². The first-order chi connectivity index (χ1) is 19.2. The number of nitrogens with zero attached hydrogens (tertiary/aromatic N) is 3. The van der Waals surface area contributed by atoms with Crippen LogP contribution in [-0.2, 0) is 6.54 Å². The molecule has 3 aromatic rings. The van der Waals surface area contributed by atoms with Crippen molar-refractivity contribution in [1.29, 1.82) is 0 Å². The molecule has 0 bridgehead atoms. The third-order valence-electron chi connectivity index (χ3n) is 8.96. The number of hydrogen-bond donors (Lipinski definition) is 0. The number of ether oxygens (including phenoxy) is 1. The first-order valence-corrected chi connectivity index (χ1v) is 16.6. The van der Waals surface area contributed by atoms with Crippen molar-refractivity contribution in [2.45, 2.75) is 97.1 Å². The van der Waals surface area contributed by atoms with Crippen LogP contribution in [0.4, 0.5) is 0 Å². The predicted molar refractivity (Wildman–Crippen MR) is 163 cm³/mol. The van der Waals surface area contributed by atoms with Crippen molar-refractivity contribution in [3.8, 4) is 17.2 Å². The number of allylic oxidation sites excluding steroid dienone is 1. The van der Waals surface area contributed by atoms with Gasteiger partial charge in [-0.3, -0.25) is 4.79 Å². The summed E-state index contributed by atoms with van der Waals surface area (Å²) < 4.78 is 17.7. The Morgan fingerprint density at radius 2 is 1.56 bits per heavy atom. The summed E-state index contributed by atoms with van der Waals surface area (Å²) in [5.74, 6) is 1.35. The minimum Gasteiger partial charge on any atom is -0.543 e. The number of carbonyl (C=O) groups is 1. The van der Waals surface area contributed by atoms with Gasteiger partial charge >= 0.3 is 11.4 Å². The maximum Gasteiger partial charge on any atom is 0.352 e. The van der Waals surface area contributed by atoms with Gasteiger partial charge in [0.05, 0.1) is 12.2 Å². The molecule has 5 rings (SSSR count). The monoisotopic (exact) mass is 575 g/mol. The second-order valence-corrected chi connectivity index (χ2v) is 18.1. The molecule has 0 amide bonds. The lowest BCUT2D eigenvalue weighted by Gasteiger charge is -2.44. The fourth-order valence-electron chi connectivity index (χ4n) is 7.06.